The number of benzene rings is 2. The summed E-state index contributed by atoms with van der Waals surface area (Å²) in [6.45, 7) is 8.82. The van der Waals surface area contributed by atoms with Gasteiger partial charge in [-0.15, -0.1) is 0 Å². The fourth-order valence-electron chi connectivity index (χ4n) is 3.95. The summed E-state index contributed by atoms with van der Waals surface area (Å²) in [5.74, 6) is 0.677. The fourth-order valence-corrected chi connectivity index (χ4v) is 4.51. The second-order valence-electron chi connectivity index (χ2n) is 11.0. The molecule has 0 radical (unpaired) electrons. The maximum absolute atomic E-state index is 13.4. The first-order valence-corrected chi connectivity index (χ1v) is 14.8. The van der Waals surface area contributed by atoms with Crippen LogP contribution in [0.5, 0.6) is 17.4 Å². The van der Waals surface area contributed by atoms with Crippen LogP contribution in [-0.2, 0) is 21.9 Å². The number of nitrogens with zero attached hydrogens (tertiary/aromatic N) is 3. The zero-order valence-corrected chi connectivity index (χ0v) is 25.3. The quantitative estimate of drug-likeness (QED) is 0.331. The zero-order valence-electron chi connectivity index (χ0n) is 24.5. The van der Waals surface area contributed by atoms with Gasteiger partial charge in [-0.2, -0.15) is 0 Å². The summed E-state index contributed by atoms with van der Waals surface area (Å²) in [5.41, 5.74) is 3.12. The smallest absolute Gasteiger partial charge is 0.255 e. The molecular formula is C29H39N5O5S. The van der Waals surface area contributed by atoms with E-state index in [4.69, 9.17) is 9.47 Å². The van der Waals surface area contributed by atoms with Gasteiger partial charge in [-0.1, -0.05) is 26.8 Å². The number of anilines is 2. The van der Waals surface area contributed by atoms with Gasteiger partial charge < -0.3 is 19.7 Å². The van der Waals surface area contributed by atoms with Crippen LogP contribution in [0.4, 0.5) is 11.4 Å². The van der Waals surface area contributed by atoms with Gasteiger partial charge in [-0.3, -0.25) is 9.52 Å². The molecule has 2 aromatic carbocycles. The van der Waals surface area contributed by atoms with Crippen molar-refractivity contribution in [2.75, 3.05) is 44.0 Å². The zero-order chi connectivity index (χ0) is 29.7. The molecule has 3 aromatic rings. The highest BCUT2D eigenvalue weighted by molar-refractivity contribution is 7.92. The first-order valence-electron chi connectivity index (χ1n) is 12.9. The van der Waals surface area contributed by atoms with Crippen molar-refractivity contribution in [3.05, 3.63) is 65.1 Å². The van der Waals surface area contributed by atoms with Crippen molar-refractivity contribution in [1.82, 2.24) is 14.9 Å². The first kappa shape index (κ1) is 30.8. The highest BCUT2D eigenvalue weighted by atomic mass is 32.2. The summed E-state index contributed by atoms with van der Waals surface area (Å²) >= 11 is 0. The standard InChI is InChI=1S/C29H39N5O5S/c1-19-11-12-20(14-25(19)39-26-17-22(30-18-31-26)10-9-13-34(5)6)28(35)32-23-15-21(29(2,3)4)16-24(27(23)38-7)33-40(8,36)37/h11-12,14-18,33H,9-10,13H2,1-8H3,(H,32,35). The molecule has 3 rings (SSSR count). The number of carbonyl (C=O) groups is 1. The SMILES string of the molecule is COc1c(NC(=O)c2ccc(C)c(Oc3cc(CCCN(C)C)ncn3)c2)cc(C(C)(C)C)cc1NS(C)(=O)=O. The Bertz CT molecular complexity index is 1470. The number of aryl methyl sites for hydroxylation is 2. The predicted molar refractivity (Wildman–Crippen MR) is 158 cm³/mol. The number of methoxy groups -OCH3 is 1. The number of aromatic nitrogens is 2. The van der Waals surface area contributed by atoms with Crippen LogP contribution in [0.25, 0.3) is 0 Å². The highest BCUT2D eigenvalue weighted by Crippen LogP contribution is 2.39. The lowest BCUT2D eigenvalue weighted by molar-refractivity contribution is 0.102. The Morgan fingerprint density at radius 1 is 1.05 bits per heavy atom. The van der Waals surface area contributed by atoms with Gasteiger partial charge in [0, 0.05) is 17.3 Å². The Kier molecular flexibility index (Phi) is 9.75. The summed E-state index contributed by atoms with van der Waals surface area (Å²) in [6, 6.07) is 10.4. The van der Waals surface area contributed by atoms with Crippen LogP contribution in [0.2, 0.25) is 0 Å². The molecule has 0 saturated carbocycles. The monoisotopic (exact) mass is 569 g/mol. The largest absolute Gasteiger partial charge is 0.492 e. The number of ether oxygens (including phenoxy) is 2. The van der Waals surface area contributed by atoms with Crippen LogP contribution in [0.3, 0.4) is 0 Å². The summed E-state index contributed by atoms with van der Waals surface area (Å²) in [5, 5.41) is 2.88. The predicted octanol–water partition coefficient (Wildman–Crippen LogP) is 5.00. The van der Waals surface area contributed by atoms with E-state index in [2.05, 4.69) is 24.9 Å². The Morgan fingerprint density at radius 2 is 1.75 bits per heavy atom. The number of hydrogen-bond acceptors (Lipinski definition) is 8. The first-order chi connectivity index (χ1) is 18.7. The van der Waals surface area contributed by atoms with Gasteiger partial charge in [0.15, 0.2) is 5.75 Å². The third-order valence-electron chi connectivity index (χ3n) is 6.10. The van der Waals surface area contributed by atoms with Gasteiger partial charge in [0.1, 0.15) is 12.1 Å². The average Bonchev–Trinajstić information content (AvgIpc) is 2.83. The van der Waals surface area contributed by atoms with Gasteiger partial charge in [0.25, 0.3) is 5.91 Å². The minimum atomic E-state index is -3.59. The third kappa shape index (κ3) is 8.65. The highest BCUT2D eigenvalue weighted by Gasteiger charge is 2.23. The molecule has 0 spiro atoms. The molecule has 0 atom stereocenters. The molecule has 40 heavy (non-hydrogen) atoms. The fraction of sp³-hybridized carbons (Fsp3) is 0.414. The number of carbonyl (C=O) groups excluding carboxylic acids is 1. The molecule has 11 heteroatoms. The maximum atomic E-state index is 13.4. The van der Waals surface area contributed by atoms with Crippen molar-refractivity contribution < 1.29 is 22.7 Å². The Labute approximate surface area is 237 Å². The van der Waals surface area contributed by atoms with Crippen molar-refractivity contribution in [2.45, 2.75) is 46.0 Å². The molecule has 2 N–H and O–H groups in total. The Balaban J connectivity index is 1.89. The molecule has 0 aliphatic carbocycles. The van der Waals surface area contributed by atoms with Crippen LogP contribution in [0, 0.1) is 6.92 Å². The van der Waals surface area contributed by atoms with E-state index in [1.54, 1.807) is 36.4 Å². The van der Waals surface area contributed by atoms with Crippen LogP contribution in [-0.4, -0.2) is 63.2 Å². The van der Waals surface area contributed by atoms with E-state index in [1.807, 2.05) is 41.8 Å². The summed E-state index contributed by atoms with van der Waals surface area (Å²) < 4.78 is 38.1. The average molecular weight is 570 g/mol. The number of amides is 1. The molecule has 1 heterocycles. The number of sulfonamides is 1. The van der Waals surface area contributed by atoms with Crippen molar-refractivity contribution in [3.63, 3.8) is 0 Å². The normalized spacial score (nSPS) is 11.8. The van der Waals surface area contributed by atoms with Gasteiger partial charge in [0.2, 0.25) is 15.9 Å². The van der Waals surface area contributed by atoms with Gasteiger partial charge in [-0.25, -0.2) is 18.4 Å². The third-order valence-corrected chi connectivity index (χ3v) is 6.70. The van der Waals surface area contributed by atoms with E-state index in [0.29, 0.717) is 22.9 Å². The summed E-state index contributed by atoms with van der Waals surface area (Å²) in [7, 11) is 1.89. The van der Waals surface area contributed by atoms with Gasteiger partial charge in [-0.05, 0) is 81.2 Å². The molecule has 0 unspecified atom stereocenters. The topological polar surface area (TPSA) is 123 Å². The second kappa shape index (κ2) is 12.6. The van der Waals surface area contributed by atoms with Crippen molar-refractivity contribution in [2.24, 2.45) is 0 Å². The molecular weight excluding hydrogens is 530 g/mol. The maximum Gasteiger partial charge on any atom is 0.255 e. The van der Waals surface area contributed by atoms with E-state index in [-0.39, 0.29) is 16.9 Å². The van der Waals surface area contributed by atoms with E-state index < -0.39 is 15.9 Å². The van der Waals surface area contributed by atoms with E-state index in [9.17, 15) is 13.2 Å². The molecule has 10 nitrogen and oxygen atoms in total. The minimum Gasteiger partial charge on any atom is -0.492 e. The van der Waals surface area contributed by atoms with Crippen molar-refractivity contribution >= 4 is 27.3 Å². The number of hydrogen-bond donors (Lipinski definition) is 2. The summed E-state index contributed by atoms with van der Waals surface area (Å²) in [6.07, 6.45) is 4.29. The lowest BCUT2D eigenvalue weighted by atomic mass is 9.86. The molecule has 1 amide bonds. The molecule has 0 saturated heterocycles. The van der Waals surface area contributed by atoms with Crippen molar-refractivity contribution in [1.29, 1.82) is 0 Å². The van der Waals surface area contributed by atoms with Crippen LogP contribution in [0.1, 0.15) is 54.4 Å². The van der Waals surface area contributed by atoms with Crippen molar-refractivity contribution in [3.8, 4) is 17.4 Å². The van der Waals surface area contributed by atoms with E-state index in [0.717, 1.165) is 42.5 Å². The van der Waals surface area contributed by atoms with Crippen LogP contribution < -0.4 is 19.5 Å². The minimum absolute atomic E-state index is 0.207. The molecule has 216 valence electrons. The van der Waals surface area contributed by atoms with Crippen LogP contribution >= 0.6 is 0 Å². The molecule has 0 aliphatic heterocycles. The van der Waals surface area contributed by atoms with E-state index >= 15 is 0 Å². The number of rotatable bonds is 11. The van der Waals surface area contributed by atoms with E-state index in [1.165, 1.54) is 13.4 Å². The second-order valence-corrected chi connectivity index (χ2v) is 12.8. The molecule has 0 aliphatic rings. The lowest BCUT2D eigenvalue weighted by Gasteiger charge is -2.24. The van der Waals surface area contributed by atoms with Crippen LogP contribution in [0.15, 0.2) is 42.7 Å². The molecule has 0 bridgehead atoms. The number of nitrogens with one attached hydrogen (secondary N) is 2. The summed E-state index contributed by atoms with van der Waals surface area (Å²) in [4.78, 5) is 24.1. The van der Waals surface area contributed by atoms with Gasteiger partial charge >= 0.3 is 0 Å². The molecule has 0 fully saturated rings. The molecule has 1 aromatic heterocycles. The lowest BCUT2D eigenvalue weighted by Crippen LogP contribution is -2.18. The Morgan fingerprint density at radius 3 is 2.38 bits per heavy atom. The van der Waals surface area contributed by atoms with Gasteiger partial charge in [0.05, 0.1) is 24.7 Å². The Hall–Kier alpha value is -3.70.